The van der Waals surface area contributed by atoms with Crippen molar-refractivity contribution in [2.45, 2.75) is 32.6 Å². The monoisotopic (exact) mass is 368 g/mol. The van der Waals surface area contributed by atoms with Gasteiger partial charge >= 0.3 is 0 Å². The van der Waals surface area contributed by atoms with E-state index in [1.807, 2.05) is 20.8 Å². The number of hydrogen-bond acceptors (Lipinski definition) is 2. The number of hydrogen-bond donors (Lipinski definition) is 1. The number of benzene rings is 2. The molecule has 2 amide bonds. The average molecular weight is 368 g/mol. The summed E-state index contributed by atoms with van der Waals surface area (Å²) >= 11 is 0. The van der Waals surface area contributed by atoms with E-state index in [1.165, 1.54) is 17.0 Å². The third-order valence-corrected chi connectivity index (χ3v) is 5.68. The zero-order valence-electron chi connectivity index (χ0n) is 16.4. The molecular formula is C22H25FN2O2. The summed E-state index contributed by atoms with van der Waals surface area (Å²) in [5, 5.41) is 3.01. The van der Waals surface area contributed by atoms with Crippen LogP contribution in [0.2, 0.25) is 0 Å². The van der Waals surface area contributed by atoms with Crippen LogP contribution in [-0.2, 0) is 10.2 Å². The summed E-state index contributed by atoms with van der Waals surface area (Å²) in [6.45, 7) is 5.90. The maximum Gasteiger partial charge on any atom is 0.253 e. The number of amides is 2. The third-order valence-electron chi connectivity index (χ3n) is 5.68. The second kappa shape index (κ2) is 6.48. The molecule has 1 unspecified atom stereocenters. The molecule has 1 atom stereocenters. The lowest BCUT2D eigenvalue weighted by Gasteiger charge is -2.22. The second-order valence-electron chi connectivity index (χ2n) is 8.10. The number of carbonyl (C=O) groups is 2. The standard InChI is InChI=1S/C22H25FN2O2/c1-14-17(19(26)25(4)5)7-6-8-18(14)24-20(27)22(13-21(22,2)3)15-9-11-16(23)12-10-15/h6-12H,13H2,1-5H3,(H,24,27). The molecule has 1 N–H and O–H groups in total. The molecule has 142 valence electrons. The van der Waals surface area contributed by atoms with Crippen LogP contribution in [0, 0.1) is 18.2 Å². The van der Waals surface area contributed by atoms with Gasteiger partial charge in [0.15, 0.2) is 0 Å². The van der Waals surface area contributed by atoms with Gasteiger partial charge < -0.3 is 10.2 Å². The van der Waals surface area contributed by atoms with Crippen molar-refractivity contribution in [2.75, 3.05) is 19.4 Å². The summed E-state index contributed by atoms with van der Waals surface area (Å²) in [5.74, 6) is -0.557. The van der Waals surface area contributed by atoms with Crippen LogP contribution in [0.4, 0.5) is 10.1 Å². The van der Waals surface area contributed by atoms with Crippen molar-refractivity contribution in [2.24, 2.45) is 5.41 Å². The molecule has 0 radical (unpaired) electrons. The minimum absolute atomic E-state index is 0.108. The molecule has 0 aliphatic heterocycles. The highest BCUT2D eigenvalue weighted by molar-refractivity contribution is 6.04. The molecule has 1 aliphatic rings. The largest absolute Gasteiger partial charge is 0.345 e. The zero-order valence-corrected chi connectivity index (χ0v) is 16.4. The topological polar surface area (TPSA) is 49.4 Å². The summed E-state index contributed by atoms with van der Waals surface area (Å²) in [6.07, 6.45) is 0.687. The van der Waals surface area contributed by atoms with Crippen LogP contribution < -0.4 is 5.32 Å². The highest BCUT2D eigenvalue weighted by atomic mass is 19.1. The Kier molecular flexibility index (Phi) is 4.58. The van der Waals surface area contributed by atoms with Crippen molar-refractivity contribution in [3.05, 3.63) is 65.0 Å². The van der Waals surface area contributed by atoms with E-state index >= 15 is 0 Å². The van der Waals surface area contributed by atoms with Gasteiger partial charge in [-0.05, 0) is 54.2 Å². The van der Waals surface area contributed by atoms with Crippen molar-refractivity contribution < 1.29 is 14.0 Å². The first-order chi connectivity index (χ1) is 12.6. The van der Waals surface area contributed by atoms with E-state index in [0.717, 1.165) is 11.1 Å². The molecule has 0 bridgehead atoms. The molecule has 1 fully saturated rings. The fourth-order valence-electron chi connectivity index (χ4n) is 3.84. The summed E-state index contributed by atoms with van der Waals surface area (Å²) in [4.78, 5) is 27.1. The normalized spacial score (nSPS) is 20.1. The van der Waals surface area contributed by atoms with Crippen molar-refractivity contribution in [3.8, 4) is 0 Å². The van der Waals surface area contributed by atoms with Gasteiger partial charge in [-0.15, -0.1) is 0 Å². The van der Waals surface area contributed by atoms with E-state index in [0.29, 0.717) is 17.7 Å². The average Bonchev–Trinajstić information content (AvgIpc) is 3.20. The fraction of sp³-hybridized carbons (Fsp3) is 0.364. The Morgan fingerprint density at radius 3 is 2.19 bits per heavy atom. The Balaban J connectivity index is 1.94. The highest BCUT2D eigenvalue weighted by Gasteiger charge is 2.67. The number of nitrogens with zero attached hydrogens (tertiary/aromatic N) is 1. The van der Waals surface area contributed by atoms with Gasteiger partial charge in [0.25, 0.3) is 5.91 Å². The fourth-order valence-corrected chi connectivity index (χ4v) is 3.84. The Morgan fingerprint density at radius 2 is 1.67 bits per heavy atom. The zero-order chi connectivity index (χ0) is 20.0. The van der Waals surface area contributed by atoms with Gasteiger partial charge in [0.05, 0.1) is 5.41 Å². The summed E-state index contributed by atoms with van der Waals surface area (Å²) in [6, 6.07) is 11.5. The predicted molar refractivity (Wildman–Crippen MR) is 104 cm³/mol. The summed E-state index contributed by atoms with van der Waals surface area (Å²) < 4.78 is 13.3. The molecule has 27 heavy (non-hydrogen) atoms. The van der Waals surface area contributed by atoms with Crippen LogP contribution in [0.5, 0.6) is 0 Å². The second-order valence-corrected chi connectivity index (χ2v) is 8.10. The maximum absolute atomic E-state index is 13.3. The maximum atomic E-state index is 13.3. The summed E-state index contributed by atoms with van der Waals surface area (Å²) in [5.41, 5.74) is 1.80. The van der Waals surface area contributed by atoms with Crippen LogP contribution in [0.15, 0.2) is 42.5 Å². The van der Waals surface area contributed by atoms with Crippen molar-refractivity contribution in [3.63, 3.8) is 0 Å². The Morgan fingerprint density at radius 1 is 1.07 bits per heavy atom. The predicted octanol–water partition coefficient (Wildman–Crippen LogP) is 4.14. The van der Waals surface area contributed by atoms with Gasteiger partial charge in [-0.2, -0.15) is 0 Å². The molecule has 2 aromatic carbocycles. The third kappa shape index (κ3) is 3.11. The number of rotatable bonds is 4. The molecule has 0 heterocycles. The van der Waals surface area contributed by atoms with Crippen LogP contribution >= 0.6 is 0 Å². The number of anilines is 1. The van der Waals surface area contributed by atoms with E-state index in [-0.39, 0.29) is 23.0 Å². The van der Waals surface area contributed by atoms with E-state index in [2.05, 4.69) is 5.32 Å². The van der Waals surface area contributed by atoms with Crippen molar-refractivity contribution in [1.29, 1.82) is 0 Å². The first-order valence-corrected chi connectivity index (χ1v) is 8.99. The van der Waals surface area contributed by atoms with Gasteiger partial charge in [-0.3, -0.25) is 9.59 Å². The van der Waals surface area contributed by atoms with Crippen LogP contribution in [-0.4, -0.2) is 30.8 Å². The molecule has 4 nitrogen and oxygen atoms in total. The Hall–Kier alpha value is -2.69. The number of halogens is 1. The minimum Gasteiger partial charge on any atom is -0.345 e. The van der Waals surface area contributed by atoms with Crippen molar-refractivity contribution in [1.82, 2.24) is 4.90 Å². The minimum atomic E-state index is -0.700. The first-order valence-electron chi connectivity index (χ1n) is 8.99. The van der Waals surface area contributed by atoms with E-state index < -0.39 is 5.41 Å². The van der Waals surface area contributed by atoms with Gasteiger partial charge in [0.1, 0.15) is 5.82 Å². The molecule has 1 saturated carbocycles. The SMILES string of the molecule is Cc1c(NC(=O)C2(c3ccc(F)cc3)CC2(C)C)cccc1C(=O)N(C)C. The lowest BCUT2D eigenvalue weighted by atomic mass is 9.86. The molecule has 1 aliphatic carbocycles. The van der Waals surface area contributed by atoms with Crippen LogP contribution in [0.25, 0.3) is 0 Å². The van der Waals surface area contributed by atoms with Gasteiger partial charge in [-0.1, -0.05) is 32.0 Å². The molecule has 0 spiro atoms. The van der Waals surface area contributed by atoms with Gasteiger partial charge in [0, 0.05) is 25.3 Å². The molecule has 2 aromatic rings. The Bertz CT molecular complexity index is 903. The van der Waals surface area contributed by atoms with Gasteiger partial charge in [0.2, 0.25) is 5.91 Å². The first kappa shape index (κ1) is 19.1. The van der Waals surface area contributed by atoms with Crippen LogP contribution in [0.1, 0.15) is 41.8 Å². The Labute approximate surface area is 159 Å². The quantitative estimate of drug-likeness (QED) is 0.882. The molecule has 3 rings (SSSR count). The van der Waals surface area contributed by atoms with E-state index in [9.17, 15) is 14.0 Å². The van der Waals surface area contributed by atoms with E-state index in [4.69, 9.17) is 0 Å². The molecule has 5 heteroatoms. The highest BCUT2D eigenvalue weighted by Crippen LogP contribution is 2.64. The molecule has 0 saturated heterocycles. The van der Waals surface area contributed by atoms with Gasteiger partial charge in [-0.25, -0.2) is 4.39 Å². The van der Waals surface area contributed by atoms with Crippen LogP contribution in [0.3, 0.4) is 0 Å². The smallest absolute Gasteiger partial charge is 0.253 e. The molecular weight excluding hydrogens is 343 g/mol. The summed E-state index contributed by atoms with van der Waals surface area (Å²) in [7, 11) is 3.40. The number of carbonyl (C=O) groups excluding carboxylic acids is 2. The lowest BCUT2D eigenvalue weighted by Crippen LogP contribution is -2.32. The van der Waals surface area contributed by atoms with E-state index in [1.54, 1.807) is 44.4 Å². The number of nitrogens with one attached hydrogen (secondary N) is 1. The lowest BCUT2D eigenvalue weighted by molar-refractivity contribution is -0.119. The molecule has 0 aromatic heterocycles. The van der Waals surface area contributed by atoms with Crippen molar-refractivity contribution >= 4 is 17.5 Å².